The van der Waals surface area contributed by atoms with Gasteiger partial charge in [-0.2, -0.15) is 5.10 Å². The molecular formula is C27H31N7O. The Morgan fingerprint density at radius 3 is 2.40 bits per heavy atom. The number of benzene rings is 1. The molecule has 0 amide bonds. The summed E-state index contributed by atoms with van der Waals surface area (Å²) in [6.45, 7) is 8.94. The van der Waals surface area contributed by atoms with E-state index < -0.39 is 0 Å². The van der Waals surface area contributed by atoms with Gasteiger partial charge in [0.2, 0.25) is 0 Å². The minimum atomic E-state index is 0.756. The van der Waals surface area contributed by atoms with E-state index in [2.05, 4.69) is 62.6 Å². The largest absolute Gasteiger partial charge is 0.497 e. The second-order valence-electron chi connectivity index (χ2n) is 8.99. The Bertz CT molecular complexity index is 1260. The van der Waals surface area contributed by atoms with Crippen molar-refractivity contribution in [1.29, 1.82) is 0 Å². The molecule has 1 aromatic carbocycles. The first-order valence-electron chi connectivity index (χ1n) is 11.9. The number of H-pyrrole nitrogens is 1. The zero-order valence-electron chi connectivity index (χ0n) is 20.5. The lowest BCUT2D eigenvalue weighted by Gasteiger charge is -2.35. The Kier molecular flexibility index (Phi) is 6.63. The van der Waals surface area contributed by atoms with Gasteiger partial charge in [-0.05, 0) is 61.4 Å². The second-order valence-corrected chi connectivity index (χ2v) is 8.99. The molecule has 1 aliphatic heterocycles. The summed E-state index contributed by atoms with van der Waals surface area (Å²) in [4.78, 5) is 14.4. The van der Waals surface area contributed by atoms with Crippen LogP contribution in [0.5, 0.6) is 5.75 Å². The van der Waals surface area contributed by atoms with Crippen LogP contribution < -0.4 is 15.0 Å². The van der Waals surface area contributed by atoms with E-state index in [-0.39, 0.29) is 0 Å². The number of hydrogen-bond donors (Lipinski definition) is 2. The Labute approximate surface area is 206 Å². The third-order valence-corrected chi connectivity index (χ3v) is 6.24. The molecule has 35 heavy (non-hydrogen) atoms. The number of nitrogens with zero attached hydrogens (tertiary/aromatic N) is 5. The van der Waals surface area contributed by atoms with Crippen LogP contribution in [0.4, 0.5) is 17.5 Å². The second kappa shape index (κ2) is 10.1. The summed E-state index contributed by atoms with van der Waals surface area (Å²) in [5, 5.41) is 10.5. The summed E-state index contributed by atoms with van der Waals surface area (Å²) in [6.07, 6.45) is 1.92. The molecule has 1 fully saturated rings. The molecule has 4 heterocycles. The Morgan fingerprint density at radius 1 is 0.943 bits per heavy atom. The van der Waals surface area contributed by atoms with Crippen molar-refractivity contribution in [2.45, 2.75) is 20.4 Å². The lowest BCUT2D eigenvalue weighted by atomic mass is 10.1. The van der Waals surface area contributed by atoms with Crippen molar-refractivity contribution in [1.82, 2.24) is 25.1 Å². The molecule has 0 aliphatic carbocycles. The SMILES string of the molecule is COc1ccc(CN2CCN(c3ccc(-c4cc(C)cc(Nc5cc(C)[nH]n5)n4)cn3)CC2)cc1. The molecule has 0 atom stereocenters. The van der Waals surface area contributed by atoms with Crippen LogP contribution in [-0.4, -0.2) is 58.4 Å². The summed E-state index contributed by atoms with van der Waals surface area (Å²) in [7, 11) is 1.70. The molecule has 0 spiro atoms. The first-order chi connectivity index (χ1) is 17.1. The van der Waals surface area contributed by atoms with E-state index in [1.54, 1.807) is 7.11 Å². The predicted molar refractivity (Wildman–Crippen MR) is 139 cm³/mol. The van der Waals surface area contributed by atoms with Crippen molar-refractivity contribution in [3.05, 3.63) is 77.6 Å². The number of aromatic amines is 1. The van der Waals surface area contributed by atoms with Crippen molar-refractivity contribution < 1.29 is 4.74 Å². The van der Waals surface area contributed by atoms with Gasteiger partial charge >= 0.3 is 0 Å². The number of nitrogens with one attached hydrogen (secondary N) is 2. The van der Waals surface area contributed by atoms with Crippen LogP contribution in [0.15, 0.2) is 60.8 Å². The van der Waals surface area contributed by atoms with Crippen molar-refractivity contribution in [2.24, 2.45) is 0 Å². The maximum atomic E-state index is 5.26. The van der Waals surface area contributed by atoms with E-state index in [0.29, 0.717) is 0 Å². The van der Waals surface area contributed by atoms with E-state index in [4.69, 9.17) is 14.7 Å². The fraction of sp³-hybridized carbons (Fsp3) is 0.296. The van der Waals surface area contributed by atoms with Gasteiger partial charge in [-0.25, -0.2) is 9.97 Å². The molecule has 0 unspecified atom stereocenters. The molecule has 5 rings (SSSR count). The molecule has 0 saturated carbocycles. The van der Waals surface area contributed by atoms with Crippen LogP contribution in [0.3, 0.4) is 0 Å². The quantitative estimate of drug-likeness (QED) is 0.411. The number of pyridine rings is 2. The molecule has 1 aliphatic rings. The number of ether oxygens (including phenoxy) is 1. The first kappa shape index (κ1) is 22.9. The highest BCUT2D eigenvalue weighted by molar-refractivity contribution is 5.65. The van der Waals surface area contributed by atoms with Crippen LogP contribution in [0, 0.1) is 13.8 Å². The summed E-state index contributed by atoms with van der Waals surface area (Å²) >= 11 is 0. The summed E-state index contributed by atoms with van der Waals surface area (Å²) in [6, 6.07) is 18.6. The van der Waals surface area contributed by atoms with Gasteiger partial charge in [0.15, 0.2) is 5.82 Å². The monoisotopic (exact) mass is 469 g/mol. The third kappa shape index (κ3) is 5.60. The minimum Gasteiger partial charge on any atom is -0.497 e. The highest BCUT2D eigenvalue weighted by Gasteiger charge is 2.18. The maximum absolute atomic E-state index is 5.26. The number of anilines is 3. The van der Waals surface area contributed by atoms with Gasteiger partial charge in [-0.3, -0.25) is 10.00 Å². The third-order valence-electron chi connectivity index (χ3n) is 6.24. The molecule has 2 N–H and O–H groups in total. The smallest absolute Gasteiger partial charge is 0.153 e. The lowest BCUT2D eigenvalue weighted by molar-refractivity contribution is 0.249. The number of piperazine rings is 1. The summed E-state index contributed by atoms with van der Waals surface area (Å²) in [5.41, 5.74) is 5.33. The van der Waals surface area contributed by atoms with Crippen LogP contribution in [0.25, 0.3) is 11.3 Å². The fourth-order valence-corrected chi connectivity index (χ4v) is 4.34. The number of aromatic nitrogens is 4. The van der Waals surface area contributed by atoms with Crippen LogP contribution in [0.2, 0.25) is 0 Å². The van der Waals surface area contributed by atoms with Gasteiger partial charge in [0.25, 0.3) is 0 Å². The van der Waals surface area contributed by atoms with E-state index >= 15 is 0 Å². The van der Waals surface area contributed by atoms with Gasteiger partial charge < -0.3 is 15.0 Å². The molecule has 8 nitrogen and oxygen atoms in total. The van der Waals surface area contributed by atoms with Crippen LogP contribution in [-0.2, 0) is 6.54 Å². The average Bonchev–Trinajstić information content (AvgIpc) is 3.29. The van der Waals surface area contributed by atoms with Crippen molar-refractivity contribution in [3.8, 4) is 17.0 Å². The molecule has 0 radical (unpaired) electrons. The topological polar surface area (TPSA) is 82.2 Å². The zero-order valence-corrected chi connectivity index (χ0v) is 20.5. The Morgan fingerprint density at radius 2 is 1.74 bits per heavy atom. The van der Waals surface area contributed by atoms with E-state index in [1.807, 2.05) is 37.4 Å². The Hall–Kier alpha value is -3.91. The number of aryl methyl sites for hydroxylation is 2. The van der Waals surface area contributed by atoms with E-state index in [0.717, 1.165) is 78.4 Å². The normalized spacial score (nSPS) is 14.2. The summed E-state index contributed by atoms with van der Waals surface area (Å²) < 4.78 is 5.26. The van der Waals surface area contributed by atoms with Gasteiger partial charge in [0.05, 0.1) is 12.8 Å². The predicted octanol–water partition coefficient (Wildman–Crippen LogP) is 4.56. The fourth-order valence-electron chi connectivity index (χ4n) is 4.34. The minimum absolute atomic E-state index is 0.756. The van der Waals surface area contributed by atoms with Gasteiger partial charge in [0.1, 0.15) is 17.4 Å². The standard InChI is InChI=1S/C27H31N7O/c1-19-14-24(29-25(15-19)30-26-16-20(2)31-32-26)22-6-9-27(28-17-22)34-12-10-33(11-13-34)18-21-4-7-23(35-3)8-5-21/h4-9,14-17H,10-13,18H2,1-3H3,(H2,29,30,31,32). The number of hydrogen-bond acceptors (Lipinski definition) is 7. The molecule has 3 aromatic heterocycles. The average molecular weight is 470 g/mol. The van der Waals surface area contributed by atoms with Crippen molar-refractivity contribution in [3.63, 3.8) is 0 Å². The van der Waals surface area contributed by atoms with Crippen LogP contribution in [0.1, 0.15) is 16.8 Å². The van der Waals surface area contributed by atoms with Crippen LogP contribution >= 0.6 is 0 Å². The Balaban J connectivity index is 1.21. The molecule has 4 aromatic rings. The number of rotatable bonds is 7. The number of methoxy groups -OCH3 is 1. The molecule has 1 saturated heterocycles. The van der Waals surface area contributed by atoms with Gasteiger partial charge in [0, 0.05) is 56.2 Å². The van der Waals surface area contributed by atoms with Gasteiger partial charge in [-0.15, -0.1) is 0 Å². The molecular weight excluding hydrogens is 438 g/mol. The molecule has 8 heteroatoms. The van der Waals surface area contributed by atoms with Gasteiger partial charge in [-0.1, -0.05) is 12.1 Å². The highest BCUT2D eigenvalue weighted by atomic mass is 16.5. The maximum Gasteiger partial charge on any atom is 0.153 e. The molecule has 0 bridgehead atoms. The highest BCUT2D eigenvalue weighted by Crippen LogP contribution is 2.24. The lowest BCUT2D eigenvalue weighted by Crippen LogP contribution is -2.46. The van der Waals surface area contributed by atoms with Crippen molar-refractivity contribution in [2.75, 3.05) is 43.5 Å². The molecule has 180 valence electrons. The van der Waals surface area contributed by atoms with E-state index in [9.17, 15) is 0 Å². The first-order valence-corrected chi connectivity index (χ1v) is 11.9. The van der Waals surface area contributed by atoms with E-state index in [1.165, 1.54) is 5.56 Å². The summed E-state index contributed by atoms with van der Waals surface area (Å²) in [5.74, 6) is 3.43. The van der Waals surface area contributed by atoms with Crippen molar-refractivity contribution >= 4 is 17.5 Å². The zero-order chi connectivity index (χ0) is 24.2.